The van der Waals surface area contributed by atoms with E-state index in [1.165, 1.54) is 88.7 Å². The van der Waals surface area contributed by atoms with Gasteiger partial charge in [-0.3, -0.25) is 0 Å². The average molecular weight is 592 g/mol. The molecular weight excluding hydrogens is 555 g/mol. The molecule has 0 aromatic heterocycles. The maximum absolute atomic E-state index is 2.47. The Labute approximate surface area is 271 Å². The van der Waals surface area contributed by atoms with Crippen LogP contribution in [0.1, 0.15) is 55.5 Å². The molecule has 9 rings (SSSR count). The summed E-state index contributed by atoms with van der Waals surface area (Å²) < 4.78 is 0. The Kier molecular flexibility index (Phi) is 5.58. The number of aryl methyl sites for hydroxylation is 1. The van der Waals surface area contributed by atoms with Gasteiger partial charge in [-0.2, -0.15) is 0 Å². The highest BCUT2D eigenvalue weighted by molar-refractivity contribution is 6.09. The quantitative estimate of drug-likeness (QED) is 0.185. The van der Waals surface area contributed by atoms with Crippen molar-refractivity contribution in [3.8, 4) is 22.3 Å². The molecule has 0 unspecified atom stereocenters. The zero-order valence-electron chi connectivity index (χ0n) is 27.1. The summed E-state index contributed by atoms with van der Waals surface area (Å²) in [7, 11) is 0. The molecule has 0 heterocycles. The van der Waals surface area contributed by atoms with Gasteiger partial charge in [-0.15, -0.1) is 0 Å². The van der Waals surface area contributed by atoms with Crippen LogP contribution in [-0.4, -0.2) is 0 Å². The minimum Gasteiger partial charge on any atom is -0.310 e. The van der Waals surface area contributed by atoms with E-state index in [0.717, 1.165) is 0 Å². The highest BCUT2D eigenvalue weighted by atomic mass is 15.1. The van der Waals surface area contributed by atoms with Crippen molar-refractivity contribution >= 4 is 38.6 Å². The first-order valence-electron chi connectivity index (χ1n) is 16.4. The smallest absolute Gasteiger partial charge is 0.0468 e. The lowest BCUT2D eigenvalue weighted by Gasteiger charge is -2.30. The Morgan fingerprint density at radius 3 is 1.39 bits per heavy atom. The van der Waals surface area contributed by atoms with Gasteiger partial charge in [-0.1, -0.05) is 130 Å². The van der Waals surface area contributed by atoms with Crippen molar-refractivity contribution in [1.82, 2.24) is 0 Å². The standard InChI is InChI=1S/C45H37N/c1-28-14-20-34-29(24-28)15-16-30-25-31(17-21-35(30)34)46(32-18-22-38-36-10-6-8-12-40(36)44(2,3)42(38)26-32)33-19-23-39-37-11-7-9-13-41(37)45(4,5)43(39)27-33/h6-27H,1-5H3. The largest absolute Gasteiger partial charge is 0.310 e. The van der Waals surface area contributed by atoms with Crippen molar-refractivity contribution in [1.29, 1.82) is 0 Å². The molecule has 0 saturated carbocycles. The van der Waals surface area contributed by atoms with Crippen LogP contribution in [0.5, 0.6) is 0 Å². The molecule has 0 fully saturated rings. The minimum atomic E-state index is -0.0738. The predicted octanol–water partition coefficient (Wildman–Crippen LogP) is 12.4. The second kappa shape index (κ2) is 9.44. The molecule has 0 saturated heterocycles. The van der Waals surface area contributed by atoms with E-state index in [4.69, 9.17) is 0 Å². The maximum atomic E-state index is 2.47. The van der Waals surface area contributed by atoms with Crippen LogP contribution in [0.3, 0.4) is 0 Å². The summed E-state index contributed by atoms with van der Waals surface area (Å²) in [5.74, 6) is 0. The van der Waals surface area contributed by atoms with Crippen molar-refractivity contribution in [2.75, 3.05) is 4.90 Å². The highest BCUT2D eigenvalue weighted by Crippen LogP contribution is 2.53. The second-order valence-corrected chi connectivity index (χ2v) is 14.3. The normalized spacial score (nSPS) is 15.0. The van der Waals surface area contributed by atoms with E-state index in [2.05, 4.69) is 173 Å². The van der Waals surface area contributed by atoms with Gasteiger partial charge in [-0.25, -0.2) is 0 Å². The molecule has 222 valence electrons. The van der Waals surface area contributed by atoms with E-state index < -0.39 is 0 Å². The molecule has 46 heavy (non-hydrogen) atoms. The van der Waals surface area contributed by atoms with Crippen LogP contribution in [0.2, 0.25) is 0 Å². The Morgan fingerprint density at radius 2 is 0.826 bits per heavy atom. The van der Waals surface area contributed by atoms with Gasteiger partial charge in [0.15, 0.2) is 0 Å². The molecule has 2 aliphatic rings. The number of hydrogen-bond acceptors (Lipinski definition) is 1. The van der Waals surface area contributed by atoms with Gasteiger partial charge >= 0.3 is 0 Å². The topological polar surface area (TPSA) is 3.24 Å². The zero-order chi connectivity index (χ0) is 31.4. The van der Waals surface area contributed by atoms with E-state index in [9.17, 15) is 0 Å². The van der Waals surface area contributed by atoms with Crippen LogP contribution < -0.4 is 4.90 Å². The summed E-state index contributed by atoms with van der Waals surface area (Å²) in [6.45, 7) is 11.6. The number of hydrogen-bond donors (Lipinski definition) is 0. The van der Waals surface area contributed by atoms with Gasteiger partial charge in [0.2, 0.25) is 0 Å². The average Bonchev–Trinajstić information content (AvgIpc) is 3.44. The molecule has 0 spiro atoms. The van der Waals surface area contributed by atoms with Crippen LogP contribution in [0.15, 0.2) is 133 Å². The monoisotopic (exact) mass is 591 g/mol. The molecular formula is C45H37N. The third kappa shape index (κ3) is 3.75. The van der Waals surface area contributed by atoms with Crippen molar-refractivity contribution < 1.29 is 0 Å². The van der Waals surface area contributed by atoms with E-state index in [0.29, 0.717) is 0 Å². The van der Waals surface area contributed by atoms with Gasteiger partial charge in [0, 0.05) is 27.9 Å². The van der Waals surface area contributed by atoms with Crippen molar-refractivity contribution in [2.45, 2.75) is 45.4 Å². The van der Waals surface area contributed by atoms with Crippen LogP contribution in [0.4, 0.5) is 17.1 Å². The second-order valence-electron chi connectivity index (χ2n) is 14.3. The number of anilines is 3. The van der Waals surface area contributed by atoms with Crippen LogP contribution in [0, 0.1) is 6.92 Å². The zero-order valence-corrected chi connectivity index (χ0v) is 27.1. The van der Waals surface area contributed by atoms with Crippen LogP contribution >= 0.6 is 0 Å². The SMILES string of the molecule is Cc1ccc2c(ccc3cc(N(c4ccc5c(c4)C(C)(C)c4ccccc4-5)c4ccc5c(c4)C(C)(C)c4ccccc4-5)ccc32)c1. The molecule has 0 radical (unpaired) electrons. The molecule has 0 amide bonds. The molecule has 0 N–H and O–H groups in total. The molecule has 0 aliphatic heterocycles. The predicted molar refractivity (Wildman–Crippen MR) is 196 cm³/mol. The third-order valence-corrected chi connectivity index (χ3v) is 10.9. The summed E-state index contributed by atoms with van der Waals surface area (Å²) in [6, 6.07) is 50.3. The summed E-state index contributed by atoms with van der Waals surface area (Å²) in [5.41, 5.74) is 15.6. The van der Waals surface area contributed by atoms with Gasteiger partial charge < -0.3 is 4.90 Å². The van der Waals surface area contributed by atoms with Gasteiger partial charge in [0.05, 0.1) is 0 Å². The first kappa shape index (κ1) is 27.2. The molecule has 7 aromatic carbocycles. The third-order valence-electron chi connectivity index (χ3n) is 10.9. The lowest BCUT2D eigenvalue weighted by Crippen LogP contribution is -2.18. The number of rotatable bonds is 3. The lowest BCUT2D eigenvalue weighted by molar-refractivity contribution is 0.660. The Bertz CT molecular complexity index is 2280. The summed E-state index contributed by atoms with van der Waals surface area (Å²) >= 11 is 0. The van der Waals surface area contributed by atoms with Gasteiger partial charge in [0.25, 0.3) is 0 Å². The fourth-order valence-electron chi connectivity index (χ4n) is 8.43. The van der Waals surface area contributed by atoms with Crippen LogP contribution in [-0.2, 0) is 10.8 Å². The van der Waals surface area contributed by atoms with Crippen molar-refractivity contribution in [2.24, 2.45) is 0 Å². The van der Waals surface area contributed by atoms with Gasteiger partial charge in [-0.05, 0) is 109 Å². The summed E-state index contributed by atoms with van der Waals surface area (Å²) in [6.07, 6.45) is 0. The van der Waals surface area contributed by atoms with E-state index in [1.807, 2.05) is 0 Å². The van der Waals surface area contributed by atoms with Gasteiger partial charge in [0.1, 0.15) is 0 Å². The Hall–Kier alpha value is -5.14. The van der Waals surface area contributed by atoms with E-state index in [1.54, 1.807) is 0 Å². The number of nitrogens with zero attached hydrogens (tertiary/aromatic N) is 1. The molecule has 0 atom stereocenters. The van der Waals surface area contributed by atoms with Crippen molar-refractivity contribution in [3.05, 3.63) is 161 Å². The summed E-state index contributed by atoms with van der Waals surface area (Å²) in [5, 5.41) is 5.13. The highest BCUT2D eigenvalue weighted by Gasteiger charge is 2.37. The number of fused-ring (bicyclic) bond motifs is 9. The molecule has 0 bridgehead atoms. The summed E-state index contributed by atoms with van der Waals surface area (Å²) in [4.78, 5) is 2.47. The molecule has 1 heteroatoms. The van der Waals surface area contributed by atoms with Crippen molar-refractivity contribution in [3.63, 3.8) is 0 Å². The lowest BCUT2D eigenvalue weighted by atomic mass is 9.82. The fraction of sp³-hybridized carbons (Fsp3) is 0.156. The first-order valence-corrected chi connectivity index (χ1v) is 16.4. The Balaban J connectivity index is 1.26. The Morgan fingerprint density at radius 1 is 0.391 bits per heavy atom. The number of benzene rings is 7. The minimum absolute atomic E-state index is 0.0738. The molecule has 7 aromatic rings. The van der Waals surface area contributed by atoms with E-state index >= 15 is 0 Å². The maximum Gasteiger partial charge on any atom is 0.0468 e. The molecule has 1 nitrogen and oxygen atoms in total. The fourth-order valence-corrected chi connectivity index (χ4v) is 8.43. The first-order chi connectivity index (χ1) is 22.2. The van der Waals surface area contributed by atoms with E-state index in [-0.39, 0.29) is 10.8 Å². The molecule has 2 aliphatic carbocycles. The van der Waals surface area contributed by atoms with Crippen LogP contribution in [0.25, 0.3) is 43.8 Å².